The standard InChI is InChI=1S/C18H22FN/c1-12-5-8-16(9-6-12)14(3)20-15(4)17-10-7-13(2)18(19)11-17/h5-11,14-15,20H,1-4H3/t14-,15?/m0/s1. The first-order valence-electron chi connectivity index (χ1n) is 7.06. The van der Waals surface area contributed by atoms with Crippen LogP contribution in [0.1, 0.15) is 48.2 Å². The maximum absolute atomic E-state index is 13.6. The molecule has 0 fully saturated rings. The van der Waals surface area contributed by atoms with E-state index in [1.165, 1.54) is 11.1 Å². The van der Waals surface area contributed by atoms with Crippen LogP contribution in [0.25, 0.3) is 0 Å². The highest BCUT2D eigenvalue weighted by atomic mass is 19.1. The van der Waals surface area contributed by atoms with Gasteiger partial charge in [0.1, 0.15) is 5.82 Å². The van der Waals surface area contributed by atoms with Crippen molar-refractivity contribution in [3.63, 3.8) is 0 Å². The van der Waals surface area contributed by atoms with Crippen molar-refractivity contribution in [1.29, 1.82) is 0 Å². The summed E-state index contributed by atoms with van der Waals surface area (Å²) in [6.07, 6.45) is 0. The summed E-state index contributed by atoms with van der Waals surface area (Å²) < 4.78 is 13.6. The first-order valence-corrected chi connectivity index (χ1v) is 7.06. The second-order valence-electron chi connectivity index (χ2n) is 5.53. The minimum absolute atomic E-state index is 0.112. The van der Waals surface area contributed by atoms with Crippen LogP contribution in [-0.4, -0.2) is 0 Å². The van der Waals surface area contributed by atoms with Gasteiger partial charge in [0.25, 0.3) is 0 Å². The molecule has 1 unspecified atom stereocenters. The number of aryl methyl sites for hydroxylation is 2. The van der Waals surface area contributed by atoms with Crippen LogP contribution in [-0.2, 0) is 0 Å². The lowest BCUT2D eigenvalue weighted by Crippen LogP contribution is -2.22. The van der Waals surface area contributed by atoms with Crippen molar-refractivity contribution in [1.82, 2.24) is 5.32 Å². The van der Waals surface area contributed by atoms with Gasteiger partial charge >= 0.3 is 0 Å². The van der Waals surface area contributed by atoms with Crippen molar-refractivity contribution >= 4 is 0 Å². The zero-order valence-corrected chi connectivity index (χ0v) is 12.6. The second kappa shape index (κ2) is 6.19. The molecule has 2 heteroatoms. The number of hydrogen-bond acceptors (Lipinski definition) is 1. The number of nitrogens with one attached hydrogen (secondary N) is 1. The average molecular weight is 271 g/mol. The molecule has 2 rings (SSSR count). The van der Waals surface area contributed by atoms with E-state index in [-0.39, 0.29) is 17.9 Å². The van der Waals surface area contributed by atoms with Gasteiger partial charge in [0, 0.05) is 12.1 Å². The highest BCUT2D eigenvalue weighted by molar-refractivity contribution is 5.27. The summed E-state index contributed by atoms with van der Waals surface area (Å²) in [6.45, 7) is 8.06. The average Bonchev–Trinajstić information content (AvgIpc) is 2.42. The van der Waals surface area contributed by atoms with Gasteiger partial charge in [-0.05, 0) is 50.5 Å². The molecule has 0 bridgehead atoms. The van der Waals surface area contributed by atoms with Gasteiger partial charge < -0.3 is 5.32 Å². The maximum atomic E-state index is 13.6. The van der Waals surface area contributed by atoms with Crippen molar-refractivity contribution in [2.75, 3.05) is 0 Å². The Balaban J connectivity index is 2.08. The predicted molar refractivity (Wildman–Crippen MR) is 82.3 cm³/mol. The predicted octanol–water partition coefficient (Wildman–Crippen LogP) is 4.85. The largest absolute Gasteiger partial charge is 0.304 e. The molecule has 0 saturated heterocycles. The lowest BCUT2D eigenvalue weighted by Gasteiger charge is -2.21. The fraction of sp³-hybridized carbons (Fsp3) is 0.333. The zero-order valence-electron chi connectivity index (χ0n) is 12.6. The summed E-state index contributed by atoms with van der Waals surface area (Å²) in [4.78, 5) is 0. The topological polar surface area (TPSA) is 12.0 Å². The van der Waals surface area contributed by atoms with Gasteiger partial charge in [0.05, 0.1) is 0 Å². The molecule has 0 amide bonds. The molecule has 0 aromatic heterocycles. The normalized spacial score (nSPS) is 14.1. The lowest BCUT2D eigenvalue weighted by molar-refractivity contribution is 0.491. The van der Waals surface area contributed by atoms with Crippen LogP contribution >= 0.6 is 0 Å². The van der Waals surface area contributed by atoms with Crippen LogP contribution in [0.3, 0.4) is 0 Å². The van der Waals surface area contributed by atoms with E-state index in [2.05, 4.69) is 50.4 Å². The molecule has 2 atom stereocenters. The van der Waals surface area contributed by atoms with Gasteiger partial charge in [-0.25, -0.2) is 4.39 Å². The van der Waals surface area contributed by atoms with E-state index in [0.29, 0.717) is 5.56 Å². The molecular formula is C18H22FN. The van der Waals surface area contributed by atoms with Gasteiger partial charge in [-0.15, -0.1) is 0 Å². The Morgan fingerprint density at radius 2 is 1.40 bits per heavy atom. The van der Waals surface area contributed by atoms with Crippen LogP contribution in [0.15, 0.2) is 42.5 Å². The molecule has 106 valence electrons. The number of benzene rings is 2. The molecule has 0 heterocycles. The Hall–Kier alpha value is -1.67. The third-order valence-corrected chi connectivity index (χ3v) is 3.77. The SMILES string of the molecule is Cc1ccc([C@H](C)NC(C)c2ccc(C)c(F)c2)cc1. The molecule has 2 aromatic rings. The summed E-state index contributed by atoms with van der Waals surface area (Å²) in [7, 11) is 0. The first kappa shape index (κ1) is 14.7. The fourth-order valence-electron chi connectivity index (χ4n) is 2.30. The molecule has 0 radical (unpaired) electrons. The highest BCUT2D eigenvalue weighted by Crippen LogP contribution is 2.21. The summed E-state index contributed by atoms with van der Waals surface area (Å²) in [5.41, 5.74) is 4.17. The zero-order chi connectivity index (χ0) is 14.7. The Morgan fingerprint density at radius 3 is 2.00 bits per heavy atom. The molecule has 0 aliphatic carbocycles. The lowest BCUT2D eigenvalue weighted by atomic mass is 10.0. The van der Waals surface area contributed by atoms with Crippen molar-refractivity contribution in [2.24, 2.45) is 0 Å². The van der Waals surface area contributed by atoms with E-state index in [1.807, 2.05) is 12.1 Å². The third-order valence-electron chi connectivity index (χ3n) is 3.77. The van der Waals surface area contributed by atoms with E-state index in [0.717, 1.165) is 5.56 Å². The van der Waals surface area contributed by atoms with Gasteiger partial charge in [-0.2, -0.15) is 0 Å². The highest BCUT2D eigenvalue weighted by Gasteiger charge is 2.12. The van der Waals surface area contributed by atoms with E-state index in [9.17, 15) is 4.39 Å². The van der Waals surface area contributed by atoms with Gasteiger partial charge in [0.2, 0.25) is 0 Å². The molecule has 20 heavy (non-hydrogen) atoms. The molecular weight excluding hydrogens is 249 g/mol. The minimum atomic E-state index is -0.140. The van der Waals surface area contributed by atoms with Crippen molar-refractivity contribution in [3.05, 3.63) is 70.5 Å². The Kier molecular flexibility index (Phi) is 4.56. The van der Waals surface area contributed by atoms with Crippen LogP contribution in [0.2, 0.25) is 0 Å². The number of halogens is 1. The minimum Gasteiger partial charge on any atom is -0.304 e. The Morgan fingerprint density at radius 1 is 0.850 bits per heavy atom. The molecule has 0 saturated carbocycles. The van der Waals surface area contributed by atoms with E-state index >= 15 is 0 Å². The van der Waals surface area contributed by atoms with Gasteiger partial charge in [-0.3, -0.25) is 0 Å². The van der Waals surface area contributed by atoms with Gasteiger partial charge in [0.15, 0.2) is 0 Å². The summed E-state index contributed by atoms with van der Waals surface area (Å²) in [6, 6.07) is 14.3. The summed E-state index contributed by atoms with van der Waals surface area (Å²) >= 11 is 0. The molecule has 0 aliphatic rings. The van der Waals surface area contributed by atoms with E-state index in [4.69, 9.17) is 0 Å². The maximum Gasteiger partial charge on any atom is 0.126 e. The smallest absolute Gasteiger partial charge is 0.126 e. The second-order valence-corrected chi connectivity index (χ2v) is 5.53. The molecule has 0 aliphatic heterocycles. The Bertz CT molecular complexity index is 574. The van der Waals surface area contributed by atoms with Gasteiger partial charge in [-0.1, -0.05) is 42.0 Å². The molecule has 1 N–H and O–H groups in total. The van der Waals surface area contributed by atoms with E-state index in [1.54, 1.807) is 13.0 Å². The Labute approximate surface area is 120 Å². The summed E-state index contributed by atoms with van der Waals surface area (Å²) in [5.74, 6) is -0.140. The van der Waals surface area contributed by atoms with Crippen molar-refractivity contribution < 1.29 is 4.39 Å². The molecule has 0 spiro atoms. The molecule has 1 nitrogen and oxygen atoms in total. The van der Waals surface area contributed by atoms with Crippen molar-refractivity contribution in [3.8, 4) is 0 Å². The molecule has 2 aromatic carbocycles. The van der Waals surface area contributed by atoms with E-state index < -0.39 is 0 Å². The summed E-state index contributed by atoms with van der Waals surface area (Å²) in [5, 5.41) is 3.51. The van der Waals surface area contributed by atoms with Crippen LogP contribution in [0, 0.1) is 19.7 Å². The van der Waals surface area contributed by atoms with Crippen LogP contribution in [0.4, 0.5) is 4.39 Å². The van der Waals surface area contributed by atoms with Crippen molar-refractivity contribution in [2.45, 2.75) is 39.8 Å². The number of rotatable bonds is 4. The number of hydrogen-bond donors (Lipinski definition) is 1. The quantitative estimate of drug-likeness (QED) is 0.837. The van der Waals surface area contributed by atoms with Crippen LogP contribution in [0.5, 0.6) is 0 Å². The first-order chi connectivity index (χ1) is 9.47. The third kappa shape index (κ3) is 3.45. The monoisotopic (exact) mass is 271 g/mol. The fourth-order valence-corrected chi connectivity index (χ4v) is 2.30. The van der Waals surface area contributed by atoms with Crippen LogP contribution < -0.4 is 5.32 Å².